The highest BCUT2D eigenvalue weighted by molar-refractivity contribution is 5.99. The molecule has 5 heteroatoms. The van der Waals surface area contributed by atoms with Crippen molar-refractivity contribution >= 4 is 5.84 Å². The molecule has 0 aliphatic carbocycles. The van der Waals surface area contributed by atoms with Gasteiger partial charge in [0.05, 0.1) is 12.7 Å². The van der Waals surface area contributed by atoms with Gasteiger partial charge in [-0.2, -0.15) is 0 Å². The van der Waals surface area contributed by atoms with Gasteiger partial charge in [-0.3, -0.25) is 4.90 Å². The number of ether oxygens (including phenoxy) is 1. The standard InChI is InChI=1S/C16H27N3O2/c1-5-12(3)10-19(6-2)11-13-7-8-15(21-4)14(9-13)16(17)18-20/h7-9,12,20H,5-6,10-11H2,1-4H3,(H2,17,18). The number of rotatable bonds is 8. The highest BCUT2D eigenvalue weighted by Gasteiger charge is 2.12. The van der Waals surface area contributed by atoms with Gasteiger partial charge in [-0.25, -0.2) is 0 Å². The first-order valence-electron chi connectivity index (χ1n) is 7.42. The fourth-order valence-corrected chi connectivity index (χ4v) is 2.24. The zero-order valence-corrected chi connectivity index (χ0v) is 13.5. The van der Waals surface area contributed by atoms with Crippen LogP contribution in [0.1, 0.15) is 38.3 Å². The zero-order chi connectivity index (χ0) is 15.8. The van der Waals surface area contributed by atoms with Crippen LogP contribution in [0.4, 0.5) is 0 Å². The minimum atomic E-state index is 0.0682. The molecule has 0 heterocycles. The molecule has 0 aromatic heterocycles. The Labute approximate surface area is 127 Å². The summed E-state index contributed by atoms with van der Waals surface area (Å²) in [5.41, 5.74) is 7.46. The third-order valence-electron chi connectivity index (χ3n) is 3.77. The van der Waals surface area contributed by atoms with Crippen molar-refractivity contribution in [1.82, 2.24) is 4.90 Å². The van der Waals surface area contributed by atoms with Gasteiger partial charge in [0.25, 0.3) is 0 Å². The first-order valence-corrected chi connectivity index (χ1v) is 7.42. The zero-order valence-electron chi connectivity index (χ0n) is 13.5. The lowest BCUT2D eigenvalue weighted by Crippen LogP contribution is -2.28. The van der Waals surface area contributed by atoms with Gasteiger partial charge in [-0.05, 0) is 30.2 Å². The Bertz CT molecular complexity index is 475. The highest BCUT2D eigenvalue weighted by atomic mass is 16.5. The number of oxime groups is 1. The quantitative estimate of drug-likeness (QED) is 0.334. The van der Waals surface area contributed by atoms with Crippen LogP contribution in [0.25, 0.3) is 0 Å². The van der Waals surface area contributed by atoms with E-state index < -0.39 is 0 Å². The van der Waals surface area contributed by atoms with Crippen LogP contribution in [0, 0.1) is 5.92 Å². The Balaban J connectivity index is 2.93. The summed E-state index contributed by atoms with van der Waals surface area (Å²) in [6, 6.07) is 5.80. The number of hydrogen-bond acceptors (Lipinski definition) is 4. The number of amidine groups is 1. The van der Waals surface area contributed by atoms with Gasteiger partial charge in [-0.1, -0.05) is 38.4 Å². The van der Waals surface area contributed by atoms with Gasteiger partial charge < -0.3 is 15.7 Å². The van der Waals surface area contributed by atoms with Crippen molar-refractivity contribution in [3.8, 4) is 5.75 Å². The van der Waals surface area contributed by atoms with Crippen LogP contribution < -0.4 is 10.5 Å². The van der Waals surface area contributed by atoms with E-state index in [0.717, 1.165) is 25.2 Å². The lowest BCUT2D eigenvalue weighted by molar-refractivity contribution is 0.238. The summed E-state index contributed by atoms with van der Waals surface area (Å²) in [5, 5.41) is 11.9. The van der Waals surface area contributed by atoms with Crippen LogP contribution >= 0.6 is 0 Å². The van der Waals surface area contributed by atoms with Gasteiger partial charge in [0.1, 0.15) is 5.75 Å². The molecular formula is C16H27N3O2. The summed E-state index contributed by atoms with van der Waals surface area (Å²) < 4.78 is 5.25. The molecule has 1 aromatic carbocycles. The molecule has 1 atom stereocenters. The number of benzene rings is 1. The number of methoxy groups -OCH3 is 1. The summed E-state index contributed by atoms with van der Waals surface area (Å²) in [6.45, 7) is 9.54. The molecule has 0 saturated heterocycles. The SMILES string of the molecule is CCC(C)CN(CC)Cc1ccc(OC)c(C(N)=NO)c1. The van der Waals surface area contributed by atoms with E-state index >= 15 is 0 Å². The monoisotopic (exact) mass is 293 g/mol. The normalized spacial score (nSPS) is 13.5. The Morgan fingerprint density at radius 1 is 1.43 bits per heavy atom. The van der Waals surface area contributed by atoms with Crippen LogP contribution in [0.3, 0.4) is 0 Å². The van der Waals surface area contributed by atoms with Crippen LogP contribution in [-0.2, 0) is 6.54 Å². The fraction of sp³-hybridized carbons (Fsp3) is 0.562. The molecule has 0 aliphatic heterocycles. The van der Waals surface area contributed by atoms with Crippen molar-refractivity contribution in [2.24, 2.45) is 16.8 Å². The van der Waals surface area contributed by atoms with Crippen LogP contribution in [-0.4, -0.2) is 36.1 Å². The van der Waals surface area contributed by atoms with E-state index in [2.05, 4.69) is 30.8 Å². The second-order valence-corrected chi connectivity index (χ2v) is 5.36. The van der Waals surface area contributed by atoms with Crippen molar-refractivity contribution in [2.75, 3.05) is 20.2 Å². The van der Waals surface area contributed by atoms with E-state index in [-0.39, 0.29) is 5.84 Å². The van der Waals surface area contributed by atoms with Gasteiger partial charge in [-0.15, -0.1) is 0 Å². The minimum Gasteiger partial charge on any atom is -0.496 e. The number of nitrogens with zero attached hydrogens (tertiary/aromatic N) is 2. The predicted octanol–water partition coefficient (Wildman–Crippen LogP) is 2.66. The van der Waals surface area contributed by atoms with Crippen molar-refractivity contribution in [1.29, 1.82) is 0 Å². The predicted molar refractivity (Wildman–Crippen MR) is 85.9 cm³/mol. The maximum absolute atomic E-state index is 8.87. The summed E-state index contributed by atoms with van der Waals surface area (Å²) in [4.78, 5) is 2.39. The fourth-order valence-electron chi connectivity index (χ4n) is 2.24. The Hall–Kier alpha value is -1.75. The van der Waals surface area contributed by atoms with Crippen molar-refractivity contribution in [3.63, 3.8) is 0 Å². The average Bonchev–Trinajstić information content (AvgIpc) is 2.52. The molecule has 0 amide bonds. The maximum atomic E-state index is 8.87. The summed E-state index contributed by atoms with van der Waals surface area (Å²) in [7, 11) is 1.57. The maximum Gasteiger partial charge on any atom is 0.173 e. The van der Waals surface area contributed by atoms with Crippen molar-refractivity contribution < 1.29 is 9.94 Å². The molecule has 0 fully saturated rings. The highest BCUT2D eigenvalue weighted by Crippen LogP contribution is 2.21. The third kappa shape index (κ3) is 4.93. The molecule has 1 rings (SSSR count). The Kier molecular flexibility index (Phi) is 7.02. The molecule has 5 nitrogen and oxygen atoms in total. The van der Waals surface area contributed by atoms with Crippen molar-refractivity contribution in [3.05, 3.63) is 29.3 Å². The molecule has 1 aromatic rings. The largest absolute Gasteiger partial charge is 0.496 e. The summed E-state index contributed by atoms with van der Waals surface area (Å²) in [5.74, 6) is 1.35. The van der Waals surface area contributed by atoms with E-state index in [4.69, 9.17) is 15.7 Å². The first kappa shape index (κ1) is 17.3. The van der Waals surface area contributed by atoms with E-state index in [0.29, 0.717) is 17.2 Å². The van der Waals surface area contributed by atoms with E-state index in [1.54, 1.807) is 7.11 Å². The molecule has 0 bridgehead atoms. The molecule has 118 valence electrons. The second kappa shape index (κ2) is 8.52. The Morgan fingerprint density at radius 3 is 2.67 bits per heavy atom. The molecule has 0 aliphatic rings. The van der Waals surface area contributed by atoms with Gasteiger partial charge >= 0.3 is 0 Å². The molecule has 0 radical (unpaired) electrons. The molecule has 1 unspecified atom stereocenters. The van der Waals surface area contributed by atoms with Gasteiger partial charge in [0, 0.05) is 13.1 Å². The molecular weight excluding hydrogens is 266 g/mol. The van der Waals surface area contributed by atoms with Gasteiger partial charge in [0.15, 0.2) is 5.84 Å². The first-order chi connectivity index (χ1) is 10.0. The molecule has 21 heavy (non-hydrogen) atoms. The van der Waals surface area contributed by atoms with E-state index in [9.17, 15) is 0 Å². The number of nitrogens with two attached hydrogens (primary N) is 1. The smallest absolute Gasteiger partial charge is 0.173 e. The lowest BCUT2D eigenvalue weighted by Gasteiger charge is -2.24. The topological polar surface area (TPSA) is 71.1 Å². The van der Waals surface area contributed by atoms with Crippen LogP contribution in [0.2, 0.25) is 0 Å². The molecule has 0 saturated carbocycles. The number of hydrogen-bond donors (Lipinski definition) is 2. The second-order valence-electron chi connectivity index (χ2n) is 5.36. The lowest BCUT2D eigenvalue weighted by atomic mass is 10.1. The minimum absolute atomic E-state index is 0.0682. The summed E-state index contributed by atoms with van der Waals surface area (Å²) >= 11 is 0. The van der Waals surface area contributed by atoms with Crippen LogP contribution in [0.5, 0.6) is 5.75 Å². The van der Waals surface area contributed by atoms with Crippen LogP contribution in [0.15, 0.2) is 23.4 Å². The van der Waals surface area contributed by atoms with Crippen molar-refractivity contribution in [2.45, 2.75) is 33.7 Å². The van der Waals surface area contributed by atoms with E-state index in [1.165, 1.54) is 6.42 Å². The third-order valence-corrected chi connectivity index (χ3v) is 3.77. The van der Waals surface area contributed by atoms with Gasteiger partial charge in [0.2, 0.25) is 0 Å². The average molecular weight is 293 g/mol. The van der Waals surface area contributed by atoms with E-state index in [1.807, 2.05) is 18.2 Å². The summed E-state index contributed by atoms with van der Waals surface area (Å²) in [6.07, 6.45) is 1.18. The molecule has 3 N–H and O–H groups in total. The molecule has 0 spiro atoms. The Morgan fingerprint density at radius 2 is 2.14 bits per heavy atom.